The highest BCUT2D eigenvalue weighted by Gasteiger charge is 2.30. The van der Waals surface area contributed by atoms with Gasteiger partial charge < -0.3 is 20.8 Å². The summed E-state index contributed by atoms with van der Waals surface area (Å²) in [6.07, 6.45) is -4.05. The van der Waals surface area contributed by atoms with Gasteiger partial charge in [-0.3, -0.25) is 0 Å². The largest absolute Gasteiger partial charge is 0.573 e. The Morgan fingerprint density at radius 1 is 1.14 bits per heavy atom. The van der Waals surface area contributed by atoms with Crippen molar-refractivity contribution in [2.24, 2.45) is 10.7 Å². The number of para-hydroxylation sites is 2. The second-order valence-electron chi connectivity index (χ2n) is 5.77. The molecule has 10 heteroatoms. The van der Waals surface area contributed by atoms with Gasteiger partial charge in [0.05, 0.1) is 17.6 Å². The number of imidazole rings is 1. The summed E-state index contributed by atoms with van der Waals surface area (Å²) in [5, 5.41) is 2.98. The van der Waals surface area contributed by atoms with Gasteiger partial charge in [0.2, 0.25) is 0 Å². The molecule has 0 fully saturated rings. The van der Waals surface area contributed by atoms with Crippen molar-refractivity contribution in [3.63, 3.8) is 0 Å². The molecule has 0 bridgehead atoms. The van der Waals surface area contributed by atoms with Gasteiger partial charge >= 0.3 is 6.36 Å². The minimum absolute atomic E-state index is 0. The van der Waals surface area contributed by atoms with Crippen molar-refractivity contribution in [2.45, 2.75) is 19.3 Å². The van der Waals surface area contributed by atoms with E-state index < -0.39 is 6.36 Å². The number of rotatable bonds is 6. The Morgan fingerprint density at radius 2 is 1.86 bits per heavy atom. The normalized spacial score (nSPS) is 11.9. The van der Waals surface area contributed by atoms with E-state index >= 15 is 0 Å². The van der Waals surface area contributed by atoms with E-state index in [1.54, 1.807) is 0 Å². The fraction of sp³-hybridized carbons (Fsp3) is 0.222. The van der Waals surface area contributed by atoms with Crippen LogP contribution >= 0.6 is 24.0 Å². The molecule has 28 heavy (non-hydrogen) atoms. The molecule has 0 saturated heterocycles. The third-order valence-electron chi connectivity index (χ3n) is 3.70. The van der Waals surface area contributed by atoms with E-state index in [2.05, 4.69) is 25.0 Å². The molecule has 1 heterocycles. The number of hydrogen-bond donors (Lipinski definition) is 3. The molecular weight excluding hydrogens is 486 g/mol. The fourth-order valence-corrected chi connectivity index (χ4v) is 2.46. The van der Waals surface area contributed by atoms with Crippen LogP contribution in [0.5, 0.6) is 5.75 Å². The van der Waals surface area contributed by atoms with Gasteiger partial charge in [-0.2, -0.15) is 0 Å². The van der Waals surface area contributed by atoms with Crippen molar-refractivity contribution in [2.75, 3.05) is 6.54 Å². The lowest BCUT2D eigenvalue weighted by Crippen LogP contribution is -2.33. The maximum absolute atomic E-state index is 12.1. The molecule has 150 valence electrons. The predicted octanol–water partition coefficient (Wildman–Crippen LogP) is 3.73. The summed E-state index contributed by atoms with van der Waals surface area (Å²) < 4.78 is 40.2. The van der Waals surface area contributed by atoms with Crippen molar-refractivity contribution >= 4 is 41.0 Å². The van der Waals surface area contributed by atoms with E-state index in [0.717, 1.165) is 16.9 Å². The molecule has 0 atom stereocenters. The van der Waals surface area contributed by atoms with Crippen LogP contribution in [0.1, 0.15) is 11.4 Å². The van der Waals surface area contributed by atoms with Gasteiger partial charge in [-0.1, -0.05) is 24.3 Å². The summed E-state index contributed by atoms with van der Waals surface area (Å²) >= 11 is 0. The average molecular weight is 505 g/mol. The Labute approximate surface area is 176 Å². The number of benzene rings is 2. The molecule has 0 unspecified atom stereocenters. The van der Waals surface area contributed by atoms with Crippen LogP contribution in [-0.2, 0) is 13.0 Å². The van der Waals surface area contributed by atoms with Crippen molar-refractivity contribution in [3.8, 4) is 5.75 Å². The van der Waals surface area contributed by atoms with E-state index in [0.29, 0.717) is 18.5 Å². The molecule has 0 radical (unpaired) electrons. The summed E-state index contributed by atoms with van der Waals surface area (Å²) in [5.74, 6) is 0.825. The molecule has 0 aliphatic carbocycles. The summed E-state index contributed by atoms with van der Waals surface area (Å²) in [4.78, 5) is 11.9. The van der Waals surface area contributed by atoms with E-state index in [-0.39, 0.29) is 42.2 Å². The standard InChI is InChI=1S/C18H18F3N5O.HI/c19-18(20,21)27-13-7-5-12(6-8-13)11-24-17(22)23-10-9-16-25-14-3-1-2-4-15(14)26-16;/h1-8H,9-11H2,(H,25,26)(H3,22,23,24);1H. The maximum Gasteiger partial charge on any atom is 0.573 e. The number of aromatic nitrogens is 2. The van der Waals surface area contributed by atoms with Crippen LogP contribution in [0.25, 0.3) is 11.0 Å². The van der Waals surface area contributed by atoms with Crippen molar-refractivity contribution in [3.05, 3.63) is 59.9 Å². The van der Waals surface area contributed by atoms with Crippen LogP contribution < -0.4 is 15.8 Å². The van der Waals surface area contributed by atoms with Crippen molar-refractivity contribution in [1.29, 1.82) is 0 Å². The molecule has 3 rings (SSSR count). The third-order valence-corrected chi connectivity index (χ3v) is 3.70. The van der Waals surface area contributed by atoms with Crippen LogP contribution in [0, 0.1) is 0 Å². The fourth-order valence-electron chi connectivity index (χ4n) is 2.46. The number of alkyl halides is 3. The van der Waals surface area contributed by atoms with Gasteiger partial charge in [-0.15, -0.1) is 37.1 Å². The molecule has 0 aliphatic heterocycles. The molecule has 2 aromatic carbocycles. The highest BCUT2D eigenvalue weighted by molar-refractivity contribution is 14.0. The van der Waals surface area contributed by atoms with E-state index in [9.17, 15) is 13.2 Å². The molecule has 0 amide bonds. The van der Waals surface area contributed by atoms with Crippen LogP contribution in [0.3, 0.4) is 0 Å². The average Bonchev–Trinajstić information content (AvgIpc) is 3.02. The summed E-state index contributed by atoms with van der Waals surface area (Å²) in [6, 6.07) is 13.3. The number of nitrogens with one attached hydrogen (secondary N) is 2. The van der Waals surface area contributed by atoms with Crippen LogP contribution in [0.4, 0.5) is 13.2 Å². The Kier molecular flexibility index (Phi) is 7.49. The smallest absolute Gasteiger partial charge is 0.406 e. The second-order valence-corrected chi connectivity index (χ2v) is 5.77. The number of guanidine groups is 1. The molecule has 6 nitrogen and oxygen atoms in total. The van der Waals surface area contributed by atoms with Gasteiger partial charge in [0.15, 0.2) is 5.96 Å². The molecule has 0 saturated carbocycles. The lowest BCUT2D eigenvalue weighted by Gasteiger charge is -2.09. The summed E-state index contributed by atoms with van der Waals surface area (Å²) in [5.41, 5.74) is 8.41. The number of nitrogens with zero attached hydrogens (tertiary/aromatic N) is 2. The van der Waals surface area contributed by atoms with Crippen LogP contribution in [-0.4, -0.2) is 28.8 Å². The lowest BCUT2D eigenvalue weighted by molar-refractivity contribution is -0.274. The highest BCUT2D eigenvalue weighted by atomic mass is 127. The SMILES string of the molecule is I.NC(=NCc1ccc(OC(F)(F)F)cc1)NCCc1nc2ccccc2[nH]1. The number of aliphatic imine (C=N–C) groups is 1. The predicted molar refractivity (Wildman–Crippen MR) is 112 cm³/mol. The molecule has 0 spiro atoms. The van der Waals surface area contributed by atoms with Gasteiger partial charge in [0.25, 0.3) is 0 Å². The zero-order valence-corrected chi connectivity index (χ0v) is 17.0. The van der Waals surface area contributed by atoms with Crippen molar-refractivity contribution < 1.29 is 17.9 Å². The van der Waals surface area contributed by atoms with E-state index in [1.165, 1.54) is 24.3 Å². The minimum atomic E-state index is -4.70. The highest BCUT2D eigenvalue weighted by Crippen LogP contribution is 2.22. The number of ether oxygens (including phenoxy) is 1. The van der Waals surface area contributed by atoms with E-state index in [4.69, 9.17) is 5.73 Å². The molecular formula is C18H19F3IN5O. The number of H-pyrrole nitrogens is 1. The number of nitrogens with two attached hydrogens (primary N) is 1. The summed E-state index contributed by atoms with van der Waals surface area (Å²) in [6.45, 7) is 0.795. The Bertz CT molecular complexity index is 892. The van der Waals surface area contributed by atoms with Crippen LogP contribution in [0.15, 0.2) is 53.5 Å². The molecule has 4 N–H and O–H groups in total. The van der Waals surface area contributed by atoms with Gasteiger partial charge in [0.1, 0.15) is 11.6 Å². The Morgan fingerprint density at radius 3 is 2.54 bits per heavy atom. The Balaban J connectivity index is 0.00000280. The minimum Gasteiger partial charge on any atom is -0.406 e. The van der Waals surface area contributed by atoms with Gasteiger partial charge in [-0.25, -0.2) is 9.98 Å². The Hall–Kier alpha value is -2.50. The lowest BCUT2D eigenvalue weighted by atomic mass is 10.2. The number of aromatic amines is 1. The third kappa shape index (κ3) is 6.59. The molecule has 0 aliphatic rings. The van der Waals surface area contributed by atoms with Gasteiger partial charge in [-0.05, 0) is 29.8 Å². The first kappa shape index (κ1) is 21.8. The first-order valence-electron chi connectivity index (χ1n) is 8.21. The topological polar surface area (TPSA) is 88.3 Å². The molecule has 3 aromatic rings. The summed E-state index contributed by atoms with van der Waals surface area (Å²) in [7, 11) is 0. The second kappa shape index (κ2) is 9.62. The maximum atomic E-state index is 12.1. The van der Waals surface area contributed by atoms with Crippen LogP contribution in [0.2, 0.25) is 0 Å². The number of fused-ring (bicyclic) bond motifs is 1. The number of halogens is 4. The first-order valence-corrected chi connectivity index (χ1v) is 8.21. The zero-order valence-electron chi connectivity index (χ0n) is 14.7. The monoisotopic (exact) mass is 505 g/mol. The first-order chi connectivity index (χ1) is 12.9. The van der Waals surface area contributed by atoms with E-state index in [1.807, 2.05) is 24.3 Å². The van der Waals surface area contributed by atoms with Gasteiger partial charge in [0, 0.05) is 13.0 Å². The number of hydrogen-bond acceptors (Lipinski definition) is 3. The quantitative estimate of drug-likeness (QED) is 0.271. The molecule has 1 aromatic heterocycles. The van der Waals surface area contributed by atoms with Crippen molar-refractivity contribution in [1.82, 2.24) is 15.3 Å². The zero-order chi connectivity index (χ0) is 19.3.